The Labute approximate surface area is 129 Å². The maximum absolute atomic E-state index is 3.72. The Morgan fingerprint density at radius 3 is 2.47 bits per heavy atom. The van der Waals surface area contributed by atoms with Gasteiger partial charge in [0.05, 0.1) is 3.79 Å². The van der Waals surface area contributed by atoms with E-state index in [2.05, 4.69) is 59.1 Å². The van der Waals surface area contributed by atoms with E-state index in [9.17, 15) is 0 Å². The highest BCUT2D eigenvalue weighted by Gasteiger charge is 2.24. The van der Waals surface area contributed by atoms with Crippen molar-refractivity contribution in [2.45, 2.75) is 45.7 Å². The van der Waals surface area contributed by atoms with Crippen molar-refractivity contribution in [1.82, 2.24) is 10.2 Å². The second-order valence-electron chi connectivity index (χ2n) is 5.83. The van der Waals surface area contributed by atoms with Crippen LogP contribution in [0.3, 0.4) is 0 Å². The lowest BCUT2D eigenvalue weighted by atomic mass is 10.0. The molecule has 1 aliphatic rings. The summed E-state index contributed by atoms with van der Waals surface area (Å²) >= 11 is 5.37. The quantitative estimate of drug-likeness (QED) is 0.828. The molecule has 0 saturated carbocycles. The Hall–Kier alpha value is 0.1000. The first-order valence-electron chi connectivity index (χ1n) is 7.30. The van der Waals surface area contributed by atoms with Crippen molar-refractivity contribution in [3.05, 3.63) is 20.8 Å². The van der Waals surface area contributed by atoms with Crippen LogP contribution in [0.15, 0.2) is 15.9 Å². The number of nitrogens with one attached hydrogen (secondary N) is 1. The zero-order chi connectivity index (χ0) is 13.8. The molecule has 1 aliphatic heterocycles. The van der Waals surface area contributed by atoms with E-state index in [0.717, 1.165) is 6.54 Å². The summed E-state index contributed by atoms with van der Waals surface area (Å²) in [4.78, 5) is 4.07. The molecule has 2 rings (SSSR count). The smallest absolute Gasteiger partial charge is 0.0701 e. The minimum Gasteiger partial charge on any atom is -0.308 e. The van der Waals surface area contributed by atoms with Crippen LogP contribution in [0, 0.1) is 5.92 Å². The van der Waals surface area contributed by atoms with Gasteiger partial charge >= 0.3 is 0 Å². The Kier molecular flexibility index (Phi) is 5.87. The second-order valence-corrected chi connectivity index (χ2v) is 8.32. The van der Waals surface area contributed by atoms with Crippen molar-refractivity contribution < 1.29 is 0 Å². The van der Waals surface area contributed by atoms with E-state index in [-0.39, 0.29) is 0 Å². The van der Waals surface area contributed by atoms with E-state index in [1.807, 2.05) is 11.3 Å². The molecule has 1 N–H and O–H groups in total. The molecular weight excluding hydrogens is 320 g/mol. The first kappa shape index (κ1) is 15.5. The second kappa shape index (κ2) is 7.21. The molecule has 1 fully saturated rings. The lowest BCUT2D eigenvalue weighted by Crippen LogP contribution is -2.44. The third kappa shape index (κ3) is 4.28. The van der Waals surface area contributed by atoms with Gasteiger partial charge in [0.1, 0.15) is 0 Å². The Morgan fingerprint density at radius 2 is 1.95 bits per heavy atom. The van der Waals surface area contributed by atoms with Gasteiger partial charge in [-0.05, 0) is 66.8 Å². The van der Waals surface area contributed by atoms with Gasteiger partial charge in [0.25, 0.3) is 0 Å². The molecule has 0 aliphatic carbocycles. The molecule has 0 bridgehead atoms. The van der Waals surface area contributed by atoms with Crippen LogP contribution >= 0.6 is 27.3 Å². The summed E-state index contributed by atoms with van der Waals surface area (Å²) in [7, 11) is 0. The molecule has 0 aromatic carbocycles. The van der Waals surface area contributed by atoms with Crippen LogP contribution in [0.5, 0.6) is 0 Å². The Balaban J connectivity index is 1.87. The third-order valence-electron chi connectivity index (χ3n) is 4.03. The number of nitrogens with zero attached hydrogens (tertiary/aromatic N) is 1. The van der Waals surface area contributed by atoms with Crippen molar-refractivity contribution in [3.63, 3.8) is 0 Å². The van der Waals surface area contributed by atoms with Gasteiger partial charge in [-0.2, -0.15) is 0 Å². The summed E-state index contributed by atoms with van der Waals surface area (Å²) < 4.78 is 1.22. The van der Waals surface area contributed by atoms with Gasteiger partial charge in [-0.15, -0.1) is 11.3 Å². The summed E-state index contributed by atoms with van der Waals surface area (Å²) in [6.07, 6.45) is 2.74. The largest absolute Gasteiger partial charge is 0.308 e. The fraction of sp³-hybridized carbons (Fsp3) is 0.733. The van der Waals surface area contributed by atoms with Crippen LogP contribution in [0.2, 0.25) is 0 Å². The number of hydrogen-bond donors (Lipinski definition) is 1. The summed E-state index contributed by atoms with van der Waals surface area (Å²) in [6, 6.07) is 5.47. The number of thiophene rings is 1. The lowest BCUT2D eigenvalue weighted by Gasteiger charge is -2.32. The highest BCUT2D eigenvalue weighted by molar-refractivity contribution is 9.11. The average Bonchev–Trinajstić information content (AvgIpc) is 3.00. The van der Waals surface area contributed by atoms with Crippen molar-refractivity contribution in [3.8, 4) is 0 Å². The molecular formula is C15H25BrN2S. The normalized spacial score (nSPS) is 20.1. The summed E-state index contributed by atoms with van der Waals surface area (Å²) in [6.45, 7) is 10.6. The first-order chi connectivity index (χ1) is 9.08. The van der Waals surface area contributed by atoms with Gasteiger partial charge in [0, 0.05) is 23.5 Å². The fourth-order valence-corrected chi connectivity index (χ4v) is 4.27. The van der Waals surface area contributed by atoms with Crippen LogP contribution in [-0.2, 0) is 0 Å². The summed E-state index contributed by atoms with van der Waals surface area (Å²) in [5.74, 6) is 0.716. The summed E-state index contributed by atoms with van der Waals surface area (Å²) in [5, 5.41) is 3.72. The molecule has 108 valence electrons. The number of likely N-dealkylation sites (tertiary alicyclic amines) is 1. The van der Waals surface area contributed by atoms with Crippen molar-refractivity contribution >= 4 is 27.3 Å². The van der Waals surface area contributed by atoms with Crippen LogP contribution in [-0.4, -0.2) is 30.6 Å². The number of hydrogen-bond acceptors (Lipinski definition) is 3. The lowest BCUT2D eigenvalue weighted by molar-refractivity contribution is 0.183. The van der Waals surface area contributed by atoms with E-state index >= 15 is 0 Å². The molecule has 1 aromatic rings. The minimum atomic E-state index is 0.445. The molecule has 2 nitrogen and oxygen atoms in total. The zero-order valence-corrected chi connectivity index (χ0v) is 14.6. The van der Waals surface area contributed by atoms with E-state index < -0.39 is 0 Å². The molecule has 0 amide bonds. The highest BCUT2D eigenvalue weighted by atomic mass is 79.9. The maximum atomic E-state index is 3.72. The molecule has 1 aromatic heterocycles. The van der Waals surface area contributed by atoms with Crippen molar-refractivity contribution in [2.75, 3.05) is 19.6 Å². The maximum Gasteiger partial charge on any atom is 0.0701 e. The van der Waals surface area contributed by atoms with Gasteiger partial charge in [0.2, 0.25) is 0 Å². The summed E-state index contributed by atoms with van der Waals surface area (Å²) in [5.41, 5.74) is 0. The first-order valence-corrected chi connectivity index (χ1v) is 8.91. The number of halogens is 1. The molecule has 0 spiro atoms. The van der Waals surface area contributed by atoms with E-state index in [4.69, 9.17) is 0 Å². The standard InChI is InChI=1S/C15H25BrN2S/c1-11(2)13(18-8-4-5-9-18)10-17-12(3)14-6-7-15(16)19-14/h6-7,11-13,17H,4-5,8-10H2,1-3H3. The van der Waals surface area contributed by atoms with Crippen LogP contribution in [0.25, 0.3) is 0 Å². The highest BCUT2D eigenvalue weighted by Crippen LogP contribution is 2.27. The van der Waals surface area contributed by atoms with Gasteiger partial charge in [0.15, 0.2) is 0 Å². The minimum absolute atomic E-state index is 0.445. The molecule has 4 heteroatoms. The predicted octanol–water partition coefficient (Wildman–Crippen LogP) is 4.28. The van der Waals surface area contributed by atoms with E-state index in [1.54, 1.807) is 0 Å². The Bertz CT molecular complexity index is 385. The molecule has 2 unspecified atom stereocenters. The van der Waals surface area contributed by atoms with Gasteiger partial charge in [-0.1, -0.05) is 13.8 Å². The number of rotatable bonds is 6. The Morgan fingerprint density at radius 1 is 1.26 bits per heavy atom. The SMILES string of the molecule is CC(NCC(C(C)C)N1CCCC1)c1ccc(Br)s1. The molecule has 2 heterocycles. The molecule has 19 heavy (non-hydrogen) atoms. The zero-order valence-electron chi connectivity index (χ0n) is 12.2. The third-order valence-corrected chi connectivity index (χ3v) is 5.84. The van der Waals surface area contributed by atoms with Crippen molar-refractivity contribution in [1.29, 1.82) is 0 Å². The van der Waals surface area contributed by atoms with Crippen LogP contribution in [0.1, 0.15) is 44.5 Å². The van der Waals surface area contributed by atoms with Crippen LogP contribution < -0.4 is 5.32 Å². The van der Waals surface area contributed by atoms with E-state index in [1.165, 1.54) is 34.6 Å². The van der Waals surface area contributed by atoms with Crippen LogP contribution in [0.4, 0.5) is 0 Å². The topological polar surface area (TPSA) is 15.3 Å². The van der Waals surface area contributed by atoms with Gasteiger partial charge < -0.3 is 5.32 Å². The molecule has 1 saturated heterocycles. The molecule has 0 radical (unpaired) electrons. The fourth-order valence-electron chi connectivity index (χ4n) is 2.82. The van der Waals surface area contributed by atoms with Crippen molar-refractivity contribution in [2.24, 2.45) is 5.92 Å². The predicted molar refractivity (Wildman–Crippen MR) is 87.9 cm³/mol. The van der Waals surface area contributed by atoms with E-state index in [0.29, 0.717) is 18.0 Å². The molecule has 2 atom stereocenters. The average molecular weight is 345 g/mol. The van der Waals surface area contributed by atoms with Gasteiger partial charge in [-0.25, -0.2) is 0 Å². The van der Waals surface area contributed by atoms with Gasteiger partial charge in [-0.3, -0.25) is 4.90 Å². The monoisotopic (exact) mass is 344 g/mol.